The van der Waals surface area contributed by atoms with Crippen LogP contribution in [0.1, 0.15) is 26.2 Å². The topological polar surface area (TPSA) is 95.9 Å². The van der Waals surface area contributed by atoms with E-state index in [9.17, 15) is 0 Å². The van der Waals surface area contributed by atoms with E-state index in [1.165, 1.54) is 23.6 Å². The molecule has 26 heavy (non-hydrogen) atoms. The molecule has 0 aliphatic heterocycles. The van der Waals surface area contributed by atoms with E-state index in [2.05, 4.69) is 58.5 Å². The fraction of sp³-hybridized carbons (Fsp3) is 0.368. The Morgan fingerprint density at radius 1 is 1.04 bits per heavy atom. The first-order valence-electron chi connectivity index (χ1n) is 8.44. The van der Waals surface area contributed by atoms with Gasteiger partial charge >= 0.3 is 11.9 Å². The van der Waals surface area contributed by atoms with Crippen LogP contribution in [0.15, 0.2) is 40.9 Å². The van der Waals surface area contributed by atoms with Gasteiger partial charge in [-0.3, -0.25) is 0 Å². The van der Waals surface area contributed by atoms with E-state index >= 15 is 0 Å². The molecule has 0 spiro atoms. The molecule has 2 aromatic carbocycles. The van der Waals surface area contributed by atoms with Gasteiger partial charge in [-0.05, 0) is 58.7 Å². The van der Waals surface area contributed by atoms with Crippen molar-refractivity contribution in [3.05, 3.63) is 40.9 Å². The van der Waals surface area contributed by atoms with Gasteiger partial charge in [0.05, 0.1) is 11.1 Å². The van der Waals surface area contributed by atoms with Gasteiger partial charge in [0.2, 0.25) is 0 Å². The summed E-state index contributed by atoms with van der Waals surface area (Å²) in [6.07, 6.45) is 3.52. The van der Waals surface area contributed by atoms with Gasteiger partial charge in [0, 0.05) is 0 Å². The van der Waals surface area contributed by atoms with Crippen molar-refractivity contribution >= 4 is 38.6 Å². The Hall–Kier alpha value is -2.12. The number of hydrogen-bond donors (Lipinski definition) is 3. The lowest BCUT2D eigenvalue weighted by molar-refractivity contribution is -0.159. The number of fused-ring (bicyclic) bond motifs is 1. The zero-order valence-electron chi connectivity index (χ0n) is 14.7. The SMILES string of the molecule is CCCCNCCCOc1ccc2ccccc2c1Br.O=C(O)C(=O)O. The molecule has 0 aliphatic carbocycles. The van der Waals surface area contributed by atoms with Crippen molar-refractivity contribution in [1.29, 1.82) is 0 Å². The second-order valence-corrected chi connectivity index (χ2v) is 6.31. The van der Waals surface area contributed by atoms with Crippen molar-refractivity contribution in [1.82, 2.24) is 5.32 Å². The second-order valence-electron chi connectivity index (χ2n) is 5.51. The molecule has 6 nitrogen and oxygen atoms in total. The Balaban J connectivity index is 0.000000487. The molecule has 7 heteroatoms. The van der Waals surface area contributed by atoms with Crippen molar-refractivity contribution in [3.63, 3.8) is 0 Å². The largest absolute Gasteiger partial charge is 0.492 e. The predicted molar refractivity (Wildman–Crippen MR) is 105 cm³/mol. The predicted octanol–water partition coefficient (Wildman–Crippen LogP) is 3.92. The third kappa shape index (κ3) is 7.84. The van der Waals surface area contributed by atoms with Crippen LogP contribution in [0.4, 0.5) is 0 Å². The molecule has 3 N–H and O–H groups in total. The Bertz CT molecular complexity index is 708. The Kier molecular flexibility index (Phi) is 10.3. The normalized spacial score (nSPS) is 10.1. The molecule has 0 atom stereocenters. The number of carbonyl (C=O) groups is 2. The van der Waals surface area contributed by atoms with Gasteiger partial charge in [-0.15, -0.1) is 0 Å². The Morgan fingerprint density at radius 2 is 1.69 bits per heavy atom. The maximum absolute atomic E-state index is 9.10. The highest BCUT2D eigenvalue weighted by Crippen LogP contribution is 2.32. The molecule has 0 unspecified atom stereocenters. The average Bonchev–Trinajstić information content (AvgIpc) is 2.63. The molecule has 0 heterocycles. The third-order valence-electron chi connectivity index (χ3n) is 3.47. The molecule has 2 aromatic rings. The quantitative estimate of drug-likeness (QED) is 0.438. The molecular formula is C19H24BrNO5. The van der Waals surface area contributed by atoms with Gasteiger partial charge in [-0.1, -0.05) is 43.7 Å². The zero-order valence-corrected chi connectivity index (χ0v) is 16.3. The number of aliphatic carboxylic acids is 2. The van der Waals surface area contributed by atoms with Crippen molar-refractivity contribution in [2.24, 2.45) is 0 Å². The highest BCUT2D eigenvalue weighted by molar-refractivity contribution is 9.10. The summed E-state index contributed by atoms with van der Waals surface area (Å²) in [5.74, 6) is -2.72. The van der Waals surface area contributed by atoms with E-state index in [-0.39, 0.29) is 0 Å². The Morgan fingerprint density at radius 3 is 2.35 bits per heavy atom. The van der Waals surface area contributed by atoms with Crippen LogP contribution in [0.5, 0.6) is 5.75 Å². The van der Waals surface area contributed by atoms with Crippen LogP contribution in [0.25, 0.3) is 10.8 Å². The average molecular weight is 426 g/mol. The first kappa shape index (κ1) is 21.9. The summed E-state index contributed by atoms with van der Waals surface area (Å²) in [7, 11) is 0. The summed E-state index contributed by atoms with van der Waals surface area (Å²) >= 11 is 3.64. The third-order valence-corrected chi connectivity index (χ3v) is 4.29. The number of ether oxygens (including phenoxy) is 1. The number of nitrogens with one attached hydrogen (secondary N) is 1. The summed E-state index contributed by atoms with van der Waals surface area (Å²) in [6, 6.07) is 12.5. The first-order valence-corrected chi connectivity index (χ1v) is 9.23. The summed E-state index contributed by atoms with van der Waals surface area (Å²) in [5.41, 5.74) is 0. The number of unbranched alkanes of at least 4 members (excludes halogenated alkanes) is 1. The van der Waals surface area contributed by atoms with Crippen LogP contribution in [-0.4, -0.2) is 41.8 Å². The van der Waals surface area contributed by atoms with Crippen molar-refractivity contribution in [2.75, 3.05) is 19.7 Å². The lowest BCUT2D eigenvalue weighted by atomic mass is 10.1. The van der Waals surface area contributed by atoms with Crippen molar-refractivity contribution in [2.45, 2.75) is 26.2 Å². The van der Waals surface area contributed by atoms with Gasteiger partial charge in [-0.25, -0.2) is 9.59 Å². The molecule has 2 rings (SSSR count). The van der Waals surface area contributed by atoms with Crippen molar-refractivity contribution < 1.29 is 24.5 Å². The molecule has 0 bridgehead atoms. The van der Waals surface area contributed by atoms with Crippen LogP contribution < -0.4 is 10.1 Å². The van der Waals surface area contributed by atoms with Gasteiger partial charge < -0.3 is 20.3 Å². The van der Waals surface area contributed by atoms with E-state index < -0.39 is 11.9 Å². The molecule has 0 fully saturated rings. The fourth-order valence-electron chi connectivity index (χ4n) is 2.13. The summed E-state index contributed by atoms with van der Waals surface area (Å²) < 4.78 is 6.92. The number of hydrogen-bond acceptors (Lipinski definition) is 4. The monoisotopic (exact) mass is 425 g/mol. The fourth-order valence-corrected chi connectivity index (χ4v) is 2.74. The van der Waals surface area contributed by atoms with Gasteiger partial charge in [0.1, 0.15) is 5.75 Å². The van der Waals surface area contributed by atoms with E-state index in [4.69, 9.17) is 24.5 Å². The van der Waals surface area contributed by atoms with Gasteiger partial charge in [0.15, 0.2) is 0 Å². The number of benzene rings is 2. The van der Waals surface area contributed by atoms with Gasteiger partial charge in [-0.2, -0.15) is 0 Å². The van der Waals surface area contributed by atoms with Crippen LogP contribution >= 0.6 is 15.9 Å². The maximum Gasteiger partial charge on any atom is 0.414 e. The summed E-state index contributed by atoms with van der Waals surface area (Å²) in [5, 5.41) is 20.6. The molecule has 0 aromatic heterocycles. The molecule has 0 radical (unpaired) electrons. The molecule has 0 aliphatic rings. The minimum Gasteiger partial charge on any atom is -0.492 e. The molecule has 0 amide bonds. The second kappa shape index (κ2) is 12.3. The smallest absolute Gasteiger partial charge is 0.414 e. The number of carboxylic acids is 2. The van der Waals surface area contributed by atoms with E-state index in [0.29, 0.717) is 0 Å². The lowest BCUT2D eigenvalue weighted by Crippen LogP contribution is -2.18. The van der Waals surface area contributed by atoms with Gasteiger partial charge in [0.25, 0.3) is 0 Å². The molecule has 0 saturated carbocycles. The van der Waals surface area contributed by atoms with E-state index in [1.54, 1.807) is 0 Å². The molecule has 0 saturated heterocycles. The number of halogens is 1. The van der Waals surface area contributed by atoms with E-state index in [1.807, 2.05) is 6.07 Å². The van der Waals surface area contributed by atoms with Crippen LogP contribution in [-0.2, 0) is 9.59 Å². The first-order chi connectivity index (χ1) is 12.5. The maximum atomic E-state index is 9.10. The number of carboxylic acid groups (broad SMARTS) is 2. The molecule has 142 valence electrons. The standard InChI is InChI=1S/C17H22BrNO.C2H2O4/c1-2-3-11-19-12-6-13-20-16-10-9-14-7-4-5-8-15(14)17(16)18;3-1(4)2(5)6/h4-5,7-10,19H,2-3,6,11-13H2,1H3;(H,3,4)(H,5,6). The minimum absolute atomic E-state index is 0.746. The summed E-state index contributed by atoms with van der Waals surface area (Å²) in [4.78, 5) is 18.2. The van der Waals surface area contributed by atoms with Crippen LogP contribution in [0, 0.1) is 0 Å². The van der Waals surface area contributed by atoms with E-state index in [0.717, 1.165) is 36.3 Å². The summed E-state index contributed by atoms with van der Waals surface area (Å²) in [6.45, 7) is 5.08. The Labute approximate surface area is 161 Å². The van der Waals surface area contributed by atoms with Crippen LogP contribution in [0.2, 0.25) is 0 Å². The highest BCUT2D eigenvalue weighted by Gasteiger charge is 2.05. The van der Waals surface area contributed by atoms with Crippen LogP contribution in [0.3, 0.4) is 0 Å². The number of rotatable bonds is 8. The van der Waals surface area contributed by atoms with Crippen molar-refractivity contribution in [3.8, 4) is 5.75 Å². The lowest BCUT2D eigenvalue weighted by Gasteiger charge is -2.10. The highest BCUT2D eigenvalue weighted by atomic mass is 79.9. The molecular weight excluding hydrogens is 402 g/mol. The minimum atomic E-state index is -1.82. The zero-order chi connectivity index (χ0) is 19.4.